The summed E-state index contributed by atoms with van der Waals surface area (Å²) in [5.74, 6) is 2.40. The van der Waals surface area contributed by atoms with Gasteiger partial charge in [-0.05, 0) is 42.2 Å². The van der Waals surface area contributed by atoms with Crippen LogP contribution in [0.4, 0.5) is 5.69 Å². The average Bonchev–Trinajstić information content (AvgIpc) is 2.30. The molecule has 0 aromatic heterocycles. The molecule has 0 atom stereocenters. The molecule has 0 unspecified atom stereocenters. The molecule has 1 aromatic carbocycles. The summed E-state index contributed by atoms with van der Waals surface area (Å²) in [4.78, 5) is 0. The molecule has 0 fully saturated rings. The molecule has 0 spiro atoms. The highest BCUT2D eigenvalue weighted by atomic mass is 32.2. The molecule has 1 rings (SSSR count). The zero-order chi connectivity index (χ0) is 10.9. The quantitative estimate of drug-likeness (QED) is 0.748. The Morgan fingerprint density at radius 2 is 2.07 bits per heavy atom. The molecule has 1 N–H and O–H groups in total. The molecule has 0 bridgehead atoms. The van der Waals surface area contributed by atoms with E-state index in [9.17, 15) is 0 Å². The average molecular weight is 220 g/mol. The molecular weight excluding hydrogens is 204 g/mol. The molecule has 3 heteroatoms. The van der Waals surface area contributed by atoms with Crippen LogP contribution in [0.25, 0.3) is 0 Å². The van der Waals surface area contributed by atoms with Crippen molar-refractivity contribution < 1.29 is 0 Å². The van der Waals surface area contributed by atoms with Gasteiger partial charge < -0.3 is 5.32 Å². The van der Waals surface area contributed by atoms with Crippen LogP contribution in [0.1, 0.15) is 18.9 Å². The van der Waals surface area contributed by atoms with Crippen molar-refractivity contribution in [3.63, 3.8) is 0 Å². The fourth-order valence-electron chi connectivity index (χ4n) is 1.21. The van der Waals surface area contributed by atoms with E-state index in [2.05, 4.69) is 18.3 Å². The van der Waals surface area contributed by atoms with Crippen molar-refractivity contribution in [2.24, 2.45) is 0 Å². The molecular formula is C12H16N2S. The maximum atomic E-state index is 8.63. The lowest BCUT2D eigenvalue weighted by molar-refractivity contribution is 0.992. The van der Waals surface area contributed by atoms with Gasteiger partial charge in [-0.1, -0.05) is 6.92 Å². The van der Waals surface area contributed by atoms with Gasteiger partial charge in [-0.2, -0.15) is 17.0 Å². The maximum Gasteiger partial charge on any atom is 0.0991 e. The lowest BCUT2D eigenvalue weighted by atomic mass is 10.2. The Labute approximate surface area is 95.7 Å². The first-order chi connectivity index (χ1) is 7.36. The van der Waals surface area contributed by atoms with Gasteiger partial charge in [0.1, 0.15) is 0 Å². The molecule has 0 aliphatic carbocycles. The van der Waals surface area contributed by atoms with Gasteiger partial charge >= 0.3 is 0 Å². The van der Waals surface area contributed by atoms with E-state index in [1.807, 2.05) is 36.0 Å². The molecule has 0 radical (unpaired) electrons. The van der Waals surface area contributed by atoms with E-state index >= 15 is 0 Å². The summed E-state index contributed by atoms with van der Waals surface area (Å²) in [6.07, 6.45) is 1.18. The zero-order valence-corrected chi connectivity index (χ0v) is 9.81. The first kappa shape index (κ1) is 11.9. The molecule has 0 aliphatic rings. The van der Waals surface area contributed by atoms with Gasteiger partial charge in [0.2, 0.25) is 0 Å². The Bertz CT molecular complexity index is 313. The van der Waals surface area contributed by atoms with Crippen molar-refractivity contribution in [1.29, 1.82) is 5.26 Å². The highest BCUT2D eigenvalue weighted by molar-refractivity contribution is 7.99. The van der Waals surface area contributed by atoms with Crippen LogP contribution < -0.4 is 5.32 Å². The lowest BCUT2D eigenvalue weighted by Crippen LogP contribution is -2.02. The summed E-state index contributed by atoms with van der Waals surface area (Å²) in [7, 11) is 0. The monoisotopic (exact) mass is 220 g/mol. The van der Waals surface area contributed by atoms with Gasteiger partial charge in [0, 0.05) is 12.2 Å². The van der Waals surface area contributed by atoms with Gasteiger partial charge in [-0.3, -0.25) is 0 Å². The normalized spacial score (nSPS) is 9.60. The molecule has 0 saturated carbocycles. The number of hydrogen-bond donors (Lipinski definition) is 1. The van der Waals surface area contributed by atoms with Gasteiger partial charge in [-0.15, -0.1) is 0 Å². The van der Waals surface area contributed by atoms with E-state index in [-0.39, 0.29) is 0 Å². The van der Waals surface area contributed by atoms with E-state index in [0.29, 0.717) is 5.56 Å². The van der Waals surface area contributed by atoms with Crippen molar-refractivity contribution >= 4 is 17.4 Å². The van der Waals surface area contributed by atoms with Crippen LogP contribution in [0.15, 0.2) is 24.3 Å². The molecule has 1 aromatic rings. The summed E-state index contributed by atoms with van der Waals surface area (Å²) < 4.78 is 0. The SMILES string of the molecule is CCSCCCNc1ccc(C#N)cc1. The number of anilines is 1. The van der Waals surface area contributed by atoms with Crippen LogP contribution >= 0.6 is 11.8 Å². The smallest absolute Gasteiger partial charge is 0.0991 e. The standard InChI is InChI=1S/C12H16N2S/c1-2-15-9-3-8-14-12-6-4-11(10-13)5-7-12/h4-7,14H,2-3,8-9H2,1H3. The number of rotatable bonds is 6. The van der Waals surface area contributed by atoms with Crippen LogP contribution in [-0.2, 0) is 0 Å². The Morgan fingerprint density at radius 1 is 1.33 bits per heavy atom. The Morgan fingerprint density at radius 3 is 2.67 bits per heavy atom. The fourth-order valence-corrected chi connectivity index (χ4v) is 1.85. The summed E-state index contributed by atoms with van der Waals surface area (Å²) in [5, 5.41) is 12.0. The molecule has 2 nitrogen and oxygen atoms in total. The van der Waals surface area contributed by atoms with Crippen molar-refractivity contribution in [1.82, 2.24) is 0 Å². The molecule has 0 aliphatic heterocycles. The van der Waals surface area contributed by atoms with Gasteiger partial charge in [0.25, 0.3) is 0 Å². The second kappa shape index (κ2) is 7.19. The van der Waals surface area contributed by atoms with Crippen LogP contribution in [0.3, 0.4) is 0 Å². The van der Waals surface area contributed by atoms with E-state index in [1.54, 1.807) is 0 Å². The maximum absolute atomic E-state index is 8.63. The minimum atomic E-state index is 0.710. The second-order valence-electron chi connectivity index (χ2n) is 3.17. The summed E-state index contributed by atoms with van der Waals surface area (Å²) in [6, 6.07) is 9.68. The van der Waals surface area contributed by atoms with E-state index < -0.39 is 0 Å². The third kappa shape index (κ3) is 4.75. The van der Waals surface area contributed by atoms with Crippen LogP contribution in [0.5, 0.6) is 0 Å². The van der Waals surface area contributed by atoms with Crippen LogP contribution in [0, 0.1) is 11.3 Å². The first-order valence-electron chi connectivity index (χ1n) is 5.18. The molecule has 0 saturated heterocycles. The highest BCUT2D eigenvalue weighted by Crippen LogP contribution is 2.09. The fraction of sp³-hybridized carbons (Fsp3) is 0.417. The van der Waals surface area contributed by atoms with Crippen LogP contribution in [0.2, 0.25) is 0 Å². The number of nitrogens with one attached hydrogen (secondary N) is 1. The molecule has 15 heavy (non-hydrogen) atoms. The van der Waals surface area contributed by atoms with Gasteiger partial charge in [0.05, 0.1) is 11.6 Å². The number of nitriles is 1. The number of thioether (sulfide) groups is 1. The largest absolute Gasteiger partial charge is 0.385 e. The van der Waals surface area contributed by atoms with Gasteiger partial charge in [-0.25, -0.2) is 0 Å². The summed E-state index contributed by atoms with van der Waals surface area (Å²) in [6.45, 7) is 3.18. The number of hydrogen-bond acceptors (Lipinski definition) is 3. The van der Waals surface area contributed by atoms with Crippen molar-refractivity contribution in [3.05, 3.63) is 29.8 Å². The van der Waals surface area contributed by atoms with Crippen LogP contribution in [-0.4, -0.2) is 18.1 Å². The highest BCUT2D eigenvalue weighted by Gasteiger charge is 1.92. The Hall–Kier alpha value is -1.14. The second-order valence-corrected chi connectivity index (χ2v) is 4.56. The van der Waals surface area contributed by atoms with E-state index in [4.69, 9.17) is 5.26 Å². The Kier molecular flexibility index (Phi) is 5.72. The topological polar surface area (TPSA) is 35.8 Å². The third-order valence-corrected chi connectivity index (χ3v) is 3.00. The minimum absolute atomic E-state index is 0.710. The predicted octanol–water partition coefficient (Wildman–Crippen LogP) is 3.11. The lowest BCUT2D eigenvalue weighted by Gasteiger charge is -2.05. The number of benzene rings is 1. The van der Waals surface area contributed by atoms with Gasteiger partial charge in [0.15, 0.2) is 0 Å². The summed E-state index contributed by atoms with van der Waals surface area (Å²) in [5.41, 5.74) is 1.80. The predicted molar refractivity (Wildman–Crippen MR) is 67.3 cm³/mol. The van der Waals surface area contributed by atoms with Crippen molar-refractivity contribution in [2.75, 3.05) is 23.4 Å². The summed E-state index contributed by atoms with van der Waals surface area (Å²) >= 11 is 1.97. The van der Waals surface area contributed by atoms with E-state index in [1.165, 1.54) is 17.9 Å². The molecule has 0 amide bonds. The van der Waals surface area contributed by atoms with Crippen molar-refractivity contribution in [2.45, 2.75) is 13.3 Å². The Balaban J connectivity index is 2.23. The first-order valence-corrected chi connectivity index (χ1v) is 6.34. The molecule has 0 heterocycles. The van der Waals surface area contributed by atoms with Crippen molar-refractivity contribution in [3.8, 4) is 6.07 Å². The van der Waals surface area contributed by atoms with E-state index in [0.717, 1.165) is 12.2 Å². The number of nitrogens with zero attached hydrogens (tertiary/aromatic N) is 1. The zero-order valence-electron chi connectivity index (χ0n) is 8.99. The minimum Gasteiger partial charge on any atom is -0.385 e. The third-order valence-electron chi connectivity index (χ3n) is 2.01. The molecule has 80 valence electrons.